The van der Waals surface area contributed by atoms with Gasteiger partial charge < -0.3 is 14.6 Å². The Morgan fingerprint density at radius 1 is 1.47 bits per heavy atom. The molecule has 2 heterocycles. The fourth-order valence-electron chi connectivity index (χ4n) is 2.44. The molecule has 0 spiro atoms. The van der Waals surface area contributed by atoms with Gasteiger partial charge in [0.05, 0.1) is 6.04 Å². The van der Waals surface area contributed by atoms with Crippen LogP contribution in [-0.2, 0) is 16.6 Å². The number of carbonyl (C=O) groups is 1. The Kier molecular flexibility index (Phi) is 4.58. The molecule has 5 heteroatoms. The van der Waals surface area contributed by atoms with Gasteiger partial charge in [-0.25, -0.2) is 4.98 Å². The van der Waals surface area contributed by atoms with E-state index in [4.69, 9.17) is 4.74 Å². The van der Waals surface area contributed by atoms with Crippen LogP contribution in [0.25, 0.3) is 0 Å². The summed E-state index contributed by atoms with van der Waals surface area (Å²) in [6, 6.07) is -0.0150. The van der Waals surface area contributed by atoms with Crippen LogP contribution in [0.15, 0.2) is 12.4 Å². The van der Waals surface area contributed by atoms with Crippen molar-refractivity contribution in [3.63, 3.8) is 0 Å². The molecule has 1 aliphatic rings. The van der Waals surface area contributed by atoms with Crippen LogP contribution < -0.4 is 5.32 Å². The molecule has 0 bridgehead atoms. The third kappa shape index (κ3) is 3.35. The molecule has 1 fully saturated rings. The normalized spacial score (nSPS) is 18.5. The van der Waals surface area contributed by atoms with Crippen LogP contribution in [0.1, 0.15) is 38.6 Å². The number of ether oxygens (including phenoxy) is 1. The zero-order chi connectivity index (χ0) is 13.8. The molecule has 1 aliphatic heterocycles. The van der Waals surface area contributed by atoms with Gasteiger partial charge in [-0.05, 0) is 18.8 Å². The van der Waals surface area contributed by atoms with Crippen molar-refractivity contribution in [2.75, 3.05) is 13.2 Å². The maximum absolute atomic E-state index is 12.0. The van der Waals surface area contributed by atoms with Crippen LogP contribution in [0.3, 0.4) is 0 Å². The highest BCUT2D eigenvalue weighted by Gasteiger charge is 2.29. The van der Waals surface area contributed by atoms with Gasteiger partial charge in [0.1, 0.15) is 5.82 Å². The number of amides is 1. The Morgan fingerprint density at radius 2 is 2.16 bits per heavy atom. The summed E-state index contributed by atoms with van der Waals surface area (Å²) in [5, 5.41) is 3.15. The molecule has 0 aromatic carbocycles. The second-order valence-corrected chi connectivity index (χ2v) is 5.49. The monoisotopic (exact) mass is 265 g/mol. The fraction of sp³-hybridized carbons (Fsp3) is 0.714. The number of nitrogens with one attached hydrogen (secondary N) is 1. The van der Waals surface area contributed by atoms with Crippen LogP contribution in [0.2, 0.25) is 0 Å². The third-order valence-corrected chi connectivity index (χ3v) is 3.70. The summed E-state index contributed by atoms with van der Waals surface area (Å²) in [6.07, 6.45) is 5.64. The minimum atomic E-state index is -0.0150. The van der Waals surface area contributed by atoms with Gasteiger partial charge in [0.15, 0.2) is 0 Å². The van der Waals surface area contributed by atoms with Gasteiger partial charge in [0.25, 0.3) is 0 Å². The lowest BCUT2D eigenvalue weighted by atomic mass is 9.90. The first-order valence-corrected chi connectivity index (χ1v) is 6.95. The van der Waals surface area contributed by atoms with Crippen LogP contribution in [0.4, 0.5) is 0 Å². The van der Waals surface area contributed by atoms with E-state index in [2.05, 4.69) is 10.3 Å². The van der Waals surface area contributed by atoms with Crippen LogP contribution in [0, 0.1) is 11.8 Å². The lowest BCUT2D eigenvalue weighted by molar-refractivity contribution is -0.125. The number of imidazole rings is 1. The predicted molar refractivity (Wildman–Crippen MR) is 72.5 cm³/mol. The lowest BCUT2D eigenvalue weighted by Crippen LogP contribution is -2.39. The number of aryl methyl sites for hydroxylation is 1. The maximum atomic E-state index is 12.0. The van der Waals surface area contributed by atoms with Crippen LogP contribution in [0.5, 0.6) is 0 Å². The highest BCUT2D eigenvalue weighted by atomic mass is 16.5. The summed E-state index contributed by atoms with van der Waals surface area (Å²) in [6.45, 7) is 5.36. The standard InChI is InChI=1S/C14H23N3O2/c1-10(2)14(18)16-12(11-4-8-19-9-5-11)13-15-6-7-17(13)3/h6-7,10-12H,4-5,8-9H2,1-3H3,(H,16,18)/t12-/m1/s1. The second-order valence-electron chi connectivity index (χ2n) is 5.49. The van der Waals surface area contributed by atoms with E-state index in [0.717, 1.165) is 31.9 Å². The molecule has 0 aliphatic carbocycles. The molecule has 0 unspecified atom stereocenters. The van der Waals surface area contributed by atoms with E-state index in [1.807, 2.05) is 31.7 Å². The highest BCUT2D eigenvalue weighted by molar-refractivity contribution is 5.78. The van der Waals surface area contributed by atoms with Crippen molar-refractivity contribution in [3.8, 4) is 0 Å². The molecule has 1 amide bonds. The number of carbonyl (C=O) groups excluding carboxylic acids is 1. The van der Waals surface area contributed by atoms with Crippen molar-refractivity contribution in [1.82, 2.24) is 14.9 Å². The van der Waals surface area contributed by atoms with Gasteiger partial charge in [0, 0.05) is 38.6 Å². The molecule has 106 valence electrons. The average Bonchev–Trinajstić information content (AvgIpc) is 2.82. The summed E-state index contributed by atoms with van der Waals surface area (Å²) in [7, 11) is 1.97. The van der Waals surface area contributed by atoms with Crippen molar-refractivity contribution in [1.29, 1.82) is 0 Å². The number of hydrogen-bond acceptors (Lipinski definition) is 3. The second kappa shape index (κ2) is 6.19. The van der Waals surface area contributed by atoms with Crippen molar-refractivity contribution in [3.05, 3.63) is 18.2 Å². The summed E-state index contributed by atoms with van der Waals surface area (Å²) < 4.78 is 7.40. The third-order valence-electron chi connectivity index (χ3n) is 3.70. The average molecular weight is 265 g/mol. The Hall–Kier alpha value is -1.36. The van der Waals surface area contributed by atoms with Crippen molar-refractivity contribution in [2.45, 2.75) is 32.7 Å². The molecular formula is C14H23N3O2. The predicted octanol–water partition coefficient (Wildman–Crippen LogP) is 1.66. The summed E-state index contributed by atoms with van der Waals surface area (Å²) >= 11 is 0. The molecule has 0 saturated carbocycles. The summed E-state index contributed by atoms with van der Waals surface area (Å²) in [5.41, 5.74) is 0. The van der Waals surface area contributed by atoms with Gasteiger partial charge in [0.2, 0.25) is 5.91 Å². The molecule has 1 aromatic heterocycles. The molecule has 1 atom stereocenters. The maximum Gasteiger partial charge on any atom is 0.223 e. The van der Waals surface area contributed by atoms with Gasteiger partial charge in [-0.1, -0.05) is 13.8 Å². The van der Waals surface area contributed by atoms with Gasteiger partial charge >= 0.3 is 0 Å². The number of nitrogens with zero attached hydrogens (tertiary/aromatic N) is 2. The smallest absolute Gasteiger partial charge is 0.223 e. The number of aromatic nitrogens is 2. The van der Waals surface area contributed by atoms with E-state index in [1.54, 1.807) is 6.20 Å². The fourth-order valence-corrected chi connectivity index (χ4v) is 2.44. The minimum absolute atomic E-state index is 0.0115. The molecular weight excluding hydrogens is 242 g/mol. The minimum Gasteiger partial charge on any atom is -0.381 e. The Morgan fingerprint density at radius 3 is 2.68 bits per heavy atom. The molecule has 0 radical (unpaired) electrons. The van der Waals surface area contributed by atoms with E-state index in [-0.39, 0.29) is 17.9 Å². The van der Waals surface area contributed by atoms with E-state index < -0.39 is 0 Å². The Balaban J connectivity index is 2.17. The van der Waals surface area contributed by atoms with Crippen molar-refractivity contribution >= 4 is 5.91 Å². The van der Waals surface area contributed by atoms with E-state index in [9.17, 15) is 4.79 Å². The van der Waals surface area contributed by atoms with E-state index in [0.29, 0.717) is 5.92 Å². The SMILES string of the molecule is CC(C)C(=O)N[C@@H](c1nccn1C)C1CCOCC1. The van der Waals surface area contributed by atoms with Gasteiger partial charge in [-0.2, -0.15) is 0 Å². The Labute approximate surface area is 114 Å². The summed E-state index contributed by atoms with van der Waals surface area (Å²) in [4.78, 5) is 16.4. The molecule has 1 N–H and O–H groups in total. The number of rotatable bonds is 4. The molecule has 19 heavy (non-hydrogen) atoms. The highest BCUT2D eigenvalue weighted by Crippen LogP contribution is 2.29. The van der Waals surface area contributed by atoms with Crippen molar-refractivity contribution in [2.24, 2.45) is 18.9 Å². The first kappa shape index (κ1) is 14.1. The first-order chi connectivity index (χ1) is 9.09. The zero-order valence-corrected chi connectivity index (χ0v) is 11.9. The van der Waals surface area contributed by atoms with E-state index >= 15 is 0 Å². The van der Waals surface area contributed by atoms with Crippen molar-refractivity contribution < 1.29 is 9.53 Å². The Bertz CT molecular complexity index is 422. The van der Waals surface area contributed by atoms with E-state index in [1.165, 1.54) is 0 Å². The largest absolute Gasteiger partial charge is 0.381 e. The summed E-state index contributed by atoms with van der Waals surface area (Å²) in [5.74, 6) is 1.40. The molecule has 5 nitrogen and oxygen atoms in total. The topological polar surface area (TPSA) is 56.2 Å². The van der Waals surface area contributed by atoms with Crippen LogP contribution >= 0.6 is 0 Å². The first-order valence-electron chi connectivity index (χ1n) is 6.95. The van der Waals surface area contributed by atoms with Gasteiger partial charge in [-0.3, -0.25) is 4.79 Å². The number of hydrogen-bond donors (Lipinski definition) is 1. The lowest BCUT2D eigenvalue weighted by Gasteiger charge is -2.31. The van der Waals surface area contributed by atoms with Crippen LogP contribution in [-0.4, -0.2) is 28.7 Å². The quantitative estimate of drug-likeness (QED) is 0.900. The zero-order valence-electron chi connectivity index (χ0n) is 11.9. The molecule has 2 rings (SSSR count). The molecule has 1 aromatic rings. The van der Waals surface area contributed by atoms with Gasteiger partial charge in [-0.15, -0.1) is 0 Å². The molecule has 1 saturated heterocycles.